The summed E-state index contributed by atoms with van der Waals surface area (Å²) in [6.07, 6.45) is 4.08. The second-order valence-electron chi connectivity index (χ2n) is 3.52. The van der Waals surface area contributed by atoms with Crippen LogP contribution in [0.4, 0.5) is 11.5 Å². The van der Waals surface area contributed by atoms with Crippen molar-refractivity contribution >= 4 is 23.1 Å². The quantitative estimate of drug-likeness (QED) is 0.874. The van der Waals surface area contributed by atoms with E-state index in [1.165, 1.54) is 6.20 Å². The zero-order chi connectivity index (χ0) is 12.3. The van der Waals surface area contributed by atoms with E-state index in [0.717, 1.165) is 12.2 Å². The summed E-state index contributed by atoms with van der Waals surface area (Å²) >= 11 is 5.76. The first-order valence-electron chi connectivity index (χ1n) is 5.27. The molecule has 0 aromatic carbocycles. The van der Waals surface area contributed by atoms with Gasteiger partial charge < -0.3 is 15.5 Å². The van der Waals surface area contributed by atoms with Crippen molar-refractivity contribution in [3.05, 3.63) is 35.1 Å². The number of hydrogen-bond acceptors (Lipinski definition) is 5. The fraction of sp³-hybridized carbons (Fsp3) is 0.273. The molecule has 0 aliphatic heterocycles. The fourth-order valence-electron chi connectivity index (χ4n) is 1.36. The molecule has 0 spiro atoms. The van der Waals surface area contributed by atoms with E-state index in [-0.39, 0.29) is 0 Å². The molecule has 0 unspecified atom stereocenters. The molecule has 0 bridgehead atoms. The highest BCUT2D eigenvalue weighted by Gasteiger charge is 2.05. The van der Waals surface area contributed by atoms with Gasteiger partial charge in [-0.15, -0.1) is 0 Å². The third-order valence-electron chi connectivity index (χ3n) is 2.24. The molecular weight excluding hydrogens is 240 g/mol. The number of aromatic nitrogens is 2. The Balaban J connectivity index is 2.02. The van der Waals surface area contributed by atoms with Crippen molar-refractivity contribution in [3.8, 4) is 0 Å². The summed E-state index contributed by atoms with van der Waals surface area (Å²) in [4.78, 5) is 8.21. The predicted molar refractivity (Wildman–Crippen MR) is 66.9 cm³/mol. The highest BCUT2D eigenvalue weighted by molar-refractivity contribution is 6.30. The van der Waals surface area contributed by atoms with Gasteiger partial charge in [-0.2, -0.15) is 0 Å². The lowest BCUT2D eigenvalue weighted by molar-refractivity contribution is 0.465. The Morgan fingerprint density at radius 1 is 1.41 bits per heavy atom. The van der Waals surface area contributed by atoms with Crippen molar-refractivity contribution in [2.45, 2.75) is 19.9 Å². The van der Waals surface area contributed by atoms with Crippen molar-refractivity contribution in [1.29, 1.82) is 0 Å². The SMILES string of the molecule is CCc1cnc(CNc2ncc(Cl)cc2N)o1. The van der Waals surface area contributed by atoms with E-state index in [4.69, 9.17) is 21.8 Å². The topological polar surface area (TPSA) is 77.0 Å². The summed E-state index contributed by atoms with van der Waals surface area (Å²) in [7, 11) is 0. The van der Waals surface area contributed by atoms with Crippen LogP contribution in [0.2, 0.25) is 5.02 Å². The molecule has 0 saturated carbocycles. The maximum atomic E-state index is 5.76. The Hall–Kier alpha value is -1.75. The Bertz CT molecular complexity index is 512. The van der Waals surface area contributed by atoms with Crippen LogP contribution in [0, 0.1) is 0 Å². The zero-order valence-electron chi connectivity index (χ0n) is 9.40. The van der Waals surface area contributed by atoms with Gasteiger partial charge in [-0.05, 0) is 6.07 Å². The fourth-order valence-corrected chi connectivity index (χ4v) is 1.52. The summed E-state index contributed by atoms with van der Waals surface area (Å²) in [6.45, 7) is 2.45. The summed E-state index contributed by atoms with van der Waals surface area (Å²) in [6, 6.07) is 1.64. The van der Waals surface area contributed by atoms with Crippen LogP contribution in [0.5, 0.6) is 0 Å². The van der Waals surface area contributed by atoms with Crippen molar-refractivity contribution in [2.75, 3.05) is 11.1 Å². The molecule has 0 radical (unpaired) electrons. The minimum absolute atomic E-state index is 0.443. The third kappa shape index (κ3) is 2.88. The van der Waals surface area contributed by atoms with Crippen LogP contribution in [-0.2, 0) is 13.0 Å². The lowest BCUT2D eigenvalue weighted by Crippen LogP contribution is -2.04. The number of nitrogen functional groups attached to an aromatic ring is 1. The van der Waals surface area contributed by atoms with Crippen LogP contribution in [0.15, 0.2) is 22.9 Å². The molecule has 90 valence electrons. The van der Waals surface area contributed by atoms with Crippen LogP contribution in [0.3, 0.4) is 0 Å². The molecule has 6 heteroatoms. The molecule has 0 aliphatic rings. The summed E-state index contributed by atoms with van der Waals surface area (Å²) in [5, 5.41) is 3.55. The Morgan fingerprint density at radius 2 is 2.24 bits per heavy atom. The van der Waals surface area contributed by atoms with Crippen molar-refractivity contribution in [3.63, 3.8) is 0 Å². The largest absolute Gasteiger partial charge is 0.444 e. The smallest absolute Gasteiger partial charge is 0.213 e. The lowest BCUT2D eigenvalue weighted by Gasteiger charge is -2.05. The van der Waals surface area contributed by atoms with Crippen LogP contribution < -0.4 is 11.1 Å². The molecular formula is C11H13ClN4O. The van der Waals surface area contributed by atoms with Gasteiger partial charge in [-0.25, -0.2) is 9.97 Å². The van der Waals surface area contributed by atoms with Gasteiger partial charge in [0, 0.05) is 12.6 Å². The van der Waals surface area contributed by atoms with E-state index >= 15 is 0 Å². The van der Waals surface area contributed by atoms with E-state index in [1.54, 1.807) is 12.3 Å². The molecule has 2 aromatic rings. The number of hydrogen-bond donors (Lipinski definition) is 2. The number of oxazole rings is 1. The van der Waals surface area contributed by atoms with E-state index in [9.17, 15) is 0 Å². The molecule has 5 nitrogen and oxygen atoms in total. The van der Waals surface area contributed by atoms with Crippen LogP contribution in [0.25, 0.3) is 0 Å². The van der Waals surface area contributed by atoms with Crippen molar-refractivity contribution < 1.29 is 4.42 Å². The van der Waals surface area contributed by atoms with Gasteiger partial charge in [0.2, 0.25) is 5.89 Å². The van der Waals surface area contributed by atoms with Crippen molar-refractivity contribution in [2.24, 2.45) is 0 Å². The molecule has 17 heavy (non-hydrogen) atoms. The predicted octanol–water partition coefficient (Wildman–Crippen LogP) is 2.48. The number of aryl methyl sites for hydroxylation is 1. The van der Waals surface area contributed by atoms with Crippen LogP contribution >= 0.6 is 11.6 Å². The highest BCUT2D eigenvalue weighted by Crippen LogP contribution is 2.19. The standard InChI is InChI=1S/C11H13ClN4O/c1-2-8-5-14-10(17-8)6-16-11-9(13)3-7(12)4-15-11/h3-5H,2,6,13H2,1H3,(H,15,16). The summed E-state index contributed by atoms with van der Waals surface area (Å²) < 4.78 is 5.45. The number of pyridine rings is 1. The molecule has 0 saturated heterocycles. The zero-order valence-corrected chi connectivity index (χ0v) is 10.2. The normalized spacial score (nSPS) is 10.5. The first-order valence-corrected chi connectivity index (χ1v) is 5.65. The average Bonchev–Trinajstić information content (AvgIpc) is 2.76. The third-order valence-corrected chi connectivity index (χ3v) is 2.45. The monoisotopic (exact) mass is 252 g/mol. The minimum atomic E-state index is 0.443. The van der Waals surface area contributed by atoms with Gasteiger partial charge in [0.05, 0.1) is 23.5 Å². The van der Waals surface area contributed by atoms with Crippen molar-refractivity contribution in [1.82, 2.24) is 9.97 Å². The maximum Gasteiger partial charge on any atom is 0.213 e. The minimum Gasteiger partial charge on any atom is -0.444 e. The molecule has 0 aliphatic carbocycles. The Kier molecular flexibility index (Phi) is 3.49. The number of halogens is 1. The molecule has 2 rings (SSSR count). The lowest BCUT2D eigenvalue weighted by atomic mass is 10.4. The molecule has 2 heterocycles. The van der Waals surface area contributed by atoms with Crippen LogP contribution in [-0.4, -0.2) is 9.97 Å². The number of rotatable bonds is 4. The number of nitrogens with two attached hydrogens (primary N) is 1. The van der Waals surface area contributed by atoms with Crippen LogP contribution in [0.1, 0.15) is 18.6 Å². The second-order valence-corrected chi connectivity index (χ2v) is 3.96. The summed E-state index contributed by atoms with van der Waals surface area (Å²) in [5.41, 5.74) is 6.26. The van der Waals surface area contributed by atoms with Gasteiger partial charge >= 0.3 is 0 Å². The maximum absolute atomic E-state index is 5.76. The van der Waals surface area contributed by atoms with Gasteiger partial charge in [-0.3, -0.25) is 0 Å². The van der Waals surface area contributed by atoms with E-state index in [1.807, 2.05) is 6.92 Å². The van der Waals surface area contributed by atoms with E-state index in [2.05, 4.69) is 15.3 Å². The Morgan fingerprint density at radius 3 is 2.88 bits per heavy atom. The van der Waals surface area contributed by atoms with E-state index < -0.39 is 0 Å². The van der Waals surface area contributed by atoms with E-state index in [0.29, 0.717) is 29.0 Å². The highest BCUT2D eigenvalue weighted by atomic mass is 35.5. The van der Waals surface area contributed by atoms with Gasteiger partial charge in [0.25, 0.3) is 0 Å². The first-order chi connectivity index (χ1) is 8.19. The molecule has 0 fully saturated rings. The van der Waals surface area contributed by atoms with Gasteiger partial charge in [0.1, 0.15) is 11.6 Å². The number of nitrogens with one attached hydrogen (secondary N) is 1. The molecule has 0 amide bonds. The molecule has 3 N–H and O–H groups in total. The average molecular weight is 253 g/mol. The Labute approximate surface area is 104 Å². The number of nitrogens with zero attached hydrogens (tertiary/aromatic N) is 2. The second kappa shape index (κ2) is 5.05. The molecule has 2 aromatic heterocycles. The molecule has 0 atom stereocenters. The number of anilines is 2. The summed E-state index contributed by atoms with van der Waals surface area (Å²) in [5.74, 6) is 2.04. The van der Waals surface area contributed by atoms with Gasteiger partial charge in [-0.1, -0.05) is 18.5 Å². The first kappa shape index (κ1) is 11.7. The van der Waals surface area contributed by atoms with Gasteiger partial charge in [0.15, 0.2) is 0 Å².